The van der Waals surface area contributed by atoms with Crippen LogP contribution in [-0.4, -0.2) is 51.6 Å². The van der Waals surface area contributed by atoms with E-state index in [9.17, 15) is 9.59 Å². The number of urea groups is 1. The van der Waals surface area contributed by atoms with E-state index in [0.29, 0.717) is 11.1 Å². The molecule has 2 N–H and O–H groups in total. The second-order valence-corrected chi connectivity index (χ2v) is 9.77. The molecule has 9 heteroatoms. The third-order valence-corrected chi connectivity index (χ3v) is 7.24. The summed E-state index contributed by atoms with van der Waals surface area (Å²) < 4.78 is 2.01. The third-order valence-electron chi connectivity index (χ3n) is 6.31. The Bertz CT molecular complexity index is 938. The first-order chi connectivity index (χ1) is 15.5. The Kier molecular flexibility index (Phi) is 7.34. The Labute approximate surface area is 193 Å². The number of hydrogen-bond acceptors (Lipinski definition) is 6. The summed E-state index contributed by atoms with van der Waals surface area (Å²) in [4.78, 5) is 27.0. The second-order valence-electron chi connectivity index (χ2n) is 8.83. The number of thioether (sulfide) groups is 1. The van der Waals surface area contributed by atoms with Crippen molar-refractivity contribution in [3.63, 3.8) is 0 Å². The normalized spacial score (nSPS) is 20.9. The van der Waals surface area contributed by atoms with Gasteiger partial charge < -0.3 is 10.2 Å². The van der Waals surface area contributed by atoms with Crippen molar-refractivity contribution >= 4 is 29.6 Å². The molecule has 1 saturated carbocycles. The number of rotatable bonds is 6. The van der Waals surface area contributed by atoms with Gasteiger partial charge in [-0.1, -0.05) is 49.2 Å². The molecule has 1 aromatic carbocycles. The van der Waals surface area contributed by atoms with Crippen molar-refractivity contribution in [2.45, 2.75) is 63.6 Å². The average Bonchev–Trinajstić information content (AvgIpc) is 3.44. The minimum absolute atomic E-state index is 0.0949. The van der Waals surface area contributed by atoms with E-state index in [2.05, 4.69) is 51.7 Å². The van der Waals surface area contributed by atoms with Crippen molar-refractivity contribution in [1.29, 1.82) is 0 Å². The molecule has 1 aliphatic heterocycles. The molecule has 1 aromatic heterocycles. The van der Waals surface area contributed by atoms with Crippen LogP contribution in [0.1, 0.15) is 51.0 Å². The van der Waals surface area contributed by atoms with Gasteiger partial charge in [0.05, 0.1) is 11.4 Å². The molecule has 1 aliphatic carbocycles. The Morgan fingerprint density at radius 3 is 2.50 bits per heavy atom. The molecule has 3 amide bonds. The van der Waals surface area contributed by atoms with Crippen LogP contribution in [0.3, 0.4) is 0 Å². The third kappa shape index (κ3) is 5.43. The molecule has 2 aliphatic rings. The van der Waals surface area contributed by atoms with E-state index in [1.807, 2.05) is 16.7 Å². The quantitative estimate of drug-likeness (QED) is 0.645. The highest BCUT2D eigenvalue weighted by atomic mass is 32.2. The molecule has 172 valence electrons. The lowest BCUT2D eigenvalue weighted by Gasteiger charge is -2.29. The number of amides is 3. The van der Waals surface area contributed by atoms with Crippen molar-refractivity contribution < 1.29 is 9.59 Å². The van der Waals surface area contributed by atoms with Gasteiger partial charge in [-0.05, 0) is 50.7 Å². The number of nitrogens with one attached hydrogen (secondary N) is 2. The summed E-state index contributed by atoms with van der Waals surface area (Å²) in [6.45, 7) is 6.11. The highest BCUT2D eigenvalue weighted by Crippen LogP contribution is 2.28. The molecule has 2 unspecified atom stereocenters. The van der Waals surface area contributed by atoms with Gasteiger partial charge in [0.1, 0.15) is 0 Å². The van der Waals surface area contributed by atoms with E-state index >= 15 is 0 Å². The Morgan fingerprint density at radius 2 is 1.78 bits per heavy atom. The summed E-state index contributed by atoms with van der Waals surface area (Å²) in [6, 6.07) is 7.92. The van der Waals surface area contributed by atoms with Crippen molar-refractivity contribution in [3.05, 3.63) is 29.8 Å². The summed E-state index contributed by atoms with van der Waals surface area (Å²) in [6.07, 6.45) is 6.69. The fourth-order valence-electron chi connectivity index (χ4n) is 4.43. The van der Waals surface area contributed by atoms with E-state index < -0.39 is 6.03 Å². The van der Waals surface area contributed by atoms with Crippen LogP contribution in [0.5, 0.6) is 0 Å². The molecule has 2 aromatic rings. The number of aromatic nitrogens is 3. The van der Waals surface area contributed by atoms with Crippen LogP contribution in [0.2, 0.25) is 0 Å². The number of imide groups is 1. The van der Waals surface area contributed by atoms with E-state index in [4.69, 9.17) is 0 Å². The summed E-state index contributed by atoms with van der Waals surface area (Å²) in [7, 11) is 0. The number of hydrogen-bond donors (Lipinski definition) is 2. The summed E-state index contributed by atoms with van der Waals surface area (Å²) >= 11 is 1.29. The van der Waals surface area contributed by atoms with Gasteiger partial charge in [0, 0.05) is 19.1 Å². The maximum Gasteiger partial charge on any atom is 0.321 e. The first-order valence-corrected chi connectivity index (χ1v) is 12.5. The maximum absolute atomic E-state index is 12.4. The minimum atomic E-state index is -0.410. The molecule has 8 nitrogen and oxygen atoms in total. The molecular weight excluding hydrogens is 424 g/mol. The smallest absolute Gasteiger partial charge is 0.321 e. The summed E-state index contributed by atoms with van der Waals surface area (Å²) in [5.41, 5.74) is 2.14. The lowest BCUT2D eigenvalue weighted by molar-refractivity contribution is -0.117. The van der Waals surface area contributed by atoms with Gasteiger partial charge in [0.2, 0.25) is 11.9 Å². The second kappa shape index (κ2) is 10.4. The number of nitrogens with zero attached hydrogens (tertiary/aromatic N) is 4. The van der Waals surface area contributed by atoms with E-state index in [0.717, 1.165) is 56.8 Å². The fourth-order valence-corrected chi connectivity index (χ4v) is 5.17. The predicted molar refractivity (Wildman–Crippen MR) is 126 cm³/mol. The highest BCUT2D eigenvalue weighted by Gasteiger charge is 2.25. The van der Waals surface area contributed by atoms with Crippen molar-refractivity contribution in [3.8, 4) is 5.69 Å². The molecule has 2 fully saturated rings. The minimum Gasteiger partial charge on any atom is -0.341 e. The molecule has 0 radical (unpaired) electrons. The number of carbonyl (C=O) groups excluding carboxylic acids is 2. The van der Waals surface area contributed by atoms with Crippen molar-refractivity contribution in [2.75, 3.05) is 23.7 Å². The van der Waals surface area contributed by atoms with Crippen LogP contribution in [0.25, 0.3) is 5.69 Å². The van der Waals surface area contributed by atoms with E-state index in [1.54, 1.807) is 0 Å². The molecule has 1 saturated heterocycles. The van der Waals surface area contributed by atoms with Crippen LogP contribution in [0.4, 0.5) is 10.7 Å². The van der Waals surface area contributed by atoms with Crippen LogP contribution < -0.4 is 15.5 Å². The molecule has 4 rings (SSSR count). The molecular formula is C23H32N6O2S. The molecule has 32 heavy (non-hydrogen) atoms. The first-order valence-electron chi connectivity index (χ1n) is 11.5. The van der Waals surface area contributed by atoms with Crippen molar-refractivity contribution in [2.24, 2.45) is 5.92 Å². The lowest BCUT2D eigenvalue weighted by Crippen LogP contribution is -2.48. The van der Waals surface area contributed by atoms with Gasteiger partial charge in [0.15, 0.2) is 5.16 Å². The average molecular weight is 457 g/mol. The summed E-state index contributed by atoms with van der Waals surface area (Å²) in [5, 5.41) is 14.9. The molecule has 0 spiro atoms. The van der Waals surface area contributed by atoms with Crippen LogP contribution >= 0.6 is 11.8 Å². The standard InChI is InChI=1S/C23H32N6O2S/c1-16-9-11-18(12-10-16)29-22(28-13-5-6-14-28)26-27-23(29)32-15-20(30)25-21(31)24-19-8-4-3-7-17(19)2/h9-12,17,19H,3-8,13-15H2,1-2H3,(H2,24,25,30,31). The molecule has 2 heterocycles. The molecule has 0 bridgehead atoms. The van der Waals surface area contributed by atoms with E-state index in [-0.39, 0.29) is 17.7 Å². The highest BCUT2D eigenvalue weighted by molar-refractivity contribution is 7.99. The summed E-state index contributed by atoms with van der Waals surface area (Å²) in [5.74, 6) is 1.00. The Balaban J connectivity index is 1.40. The topological polar surface area (TPSA) is 92.2 Å². The Morgan fingerprint density at radius 1 is 1.06 bits per heavy atom. The van der Waals surface area contributed by atoms with E-state index in [1.165, 1.54) is 23.7 Å². The van der Waals surface area contributed by atoms with Gasteiger partial charge in [-0.15, -0.1) is 10.2 Å². The van der Waals surface area contributed by atoms with Gasteiger partial charge in [-0.3, -0.25) is 14.7 Å². The number of benzene rings is 1. The lowest BCUT2D eigenvalue weighted by atomic mass is 9.86. The predicted octanol–water partition coefficient (Wildman–Crippen LogP) is 3.67. The first kappa shape index (κ1) is 22.6. The number of carbonyl (C=O) groups is 2. The number of aryl methyl sites for hydroxylation is 1. The van der Waals surface area contributed by atoms with Crippen LogP contribution in [0.15, 0.2) is 29.4 Å². The van der Waals surface area contributed by atoms with Gasteiger partial charge in [0.25, 0.3) is 0 Å². The fraction of sp³-hybridized carbons (Fsp3) is 0.565. The van der Waals surface area contributed by atoms with Gasteiger partial charge >= 0.3 is 6.03 Å². The Hall–Kier alpha value is -2.55. The zero-order chi connectivity index (χ0) is 22.5. The SMILES string of the molecule is Cc1ccc(-n2c(SCC(=O)NC(=O)NC3CCCCC3C)nnc2N2CCCC2)cc1. The monoisotopic (exact) mass is 456 g/mol. The van der Waals surface area contributed by atoms with Gasteiger partial charge in [-0.2, -0.15) is 0 Å². The number of anilines is 1. The largest absolute Gasteiger partial charge is 0.341 e. The maximum atomic E-state index is 12.4. The van der Waals surface area contributed by atoms with Crippen LogP contribution in [-0.2, 0) is 4.79 Å². The van der Waals surface area contributed by atoms with Crippen molar-refractivity contribution in [1.82, 2.24) is 25.4 Å². The zero-order valence-electron chi connectivity index (χ0n) is 18.8. The van der Waals surface area contributed by atoms with Gasteiger partial charge in [-0.25, -0.2) is 4.79 Å². The zero-order valence-corrected chi connectivity index (χ0v) is 19.7. The van der Waals surface area contributed by atoms with Crippen LogP contribution in [0, 0.1) is 12.8 Å². The molecule has 2 atom stereocenters.